The van der Waals surface area contributed by atoms with Crippen LogP contribution in [0.15, 0.2) is 74.9 Å². The van der Waals surface area contributed by atoms with Crippen LogP contribution in [-0.4, -0.2) is 11.1 Å². The molecule has 118 valence electrons. The molecule has 1 aromatic rings. The van der Waals surface area contributed by atoms with Crippen LogP contribution in [0.2, 0.25) is 0 Å². The number of allylic oxidation sites excluding steroid dienone is 2. The standard InChI is InChI=1S/C8H8.C4H7N.C4H6.C3H4O2/c1-2-8-6-4-3-5-7-8;1-2-3-4-5;1-3-4-2;1-2-3(4)5/h2-7H,1H2;2-3H2,1H3;3-4H,1-2H2;2H,1H2,(H,4,5). The van der Waals surface area contributed by atoms with Crippen molar-refractivity contribution < 1.29 is 9.90 Å². The third-order valence-corrected chi connectivity index (χ3v) is 1.74. The van der Waals surface area contributed by atoms with Crippen LogP contribution in [-0.2, 0) is 4.79 Å². The van der Waals surface area contributed by atoms with E-state index in [1.54, 1.807) is 12.2 Å². The molecule has 0 saturated heterocycles. The molecule has 0 aromatic heterocycles. The van der Waals surface area contributed by atoms with Gasteiger partial charge in [-0.3, -0.25) is 0 Å². The predicted molar refractivity (Wildman–Crippen MR) is 95.3 cm³/mol. The Kier molecular flexibility index (Phi) is 25.6. The van der Waals surface area contributed by atoms with E-state index in [-0.39, 0.29) is 0 Å². The van der Waals surface area contributed by atoms with Crippen LogP contribution in [0.1, 0.15) is 25.3 Å². The van der Waals surface area contributed by atoms with Crippen molar-refractivity contribution in [3.63, 3.8) is 0 Å². The zero-order valence-corrected chi connectivity index (χ0v) is 13.2. The number of nitrogens with zero attached hydrogens (tertiary/aromatic N) is 1. The first-order valence-corrected chi connectivity index (χ1v) is 6.67. The van der Waals surface area contributed by atoms with Gasteiger partial charge in [0.15, 0.2) is 0 Å². The fourth-order valence-corrected chi connectivity index (χ4v) is 0.701. The Morgan fingerprint density at radius 3 is 1.77 bits per heavy atom. The van der Waals surface area contributed by atoms with Gasteiger partial charge in [0, 0.05) is 12.5 Å². The normalized spacial score (nSPS) is 6.91. The highest BCUT2D eigenvalue weighted by atomic mass is 16.4. The number of benzene rings is 1. The molecular formula is C19H25NO2. The second-order valence-corrected chi connectivity index (χ2v) is 3.54. The van der Waals surface area contributed by atoms with Crippen molar-refractivity contribution in [1.82, 2.24) is 0 Å². The molecule has 0 atom stereocenters. The highest BCUT2D eigenvalue weighted by molar-refractivity contribution is 5.78. The predicted octanol–water partition coefficient (Wildman–Crippen LogP) is 5.26. The van der Waals surface area contributed by atoms with Crippen LogP contribution in [0.5, 0.6) is 0 Å². The SMILES string of the molecule is C=CC(=O)O.C=CC=C.C=Cc1ccccc1.CCCC#N. The number of unbranched alkanes of at least 4 members (excludes halogenated alkanes) is 1. The summed E-state index contributed by atoms with van der Waals surface area (Å²) in [6, 6.07) is 12.0. The highest BCUT2D eigenvalue weighted by Crippen LogP contribution is 1.97. The lowest BCUT2D eigenvalue weighted by molar-refractivity contribution is -0.131. The molecule has 3 heteroatoms. The highest BCUT2D eigenvalue weighted by Gasteiger charge is 1.75. The Morgan fingerprint density at radius 1 is 1.18 bits per heavy atom. The summed E-state index contributed by atoms with van der Waals surface area (Å²) in [5.41, 5.74) is 1.17. The van der Waals surface area contributed by atoms with E-state index >= 15 is 0 Å². The molecule has 0 bridgehead atoms. The molecule has 0 fully saturated rings. The van der Waals surface area contributed by atoms with E-state index in [1.165, 1.54) is 5.56 Å². The van der Waals surface area contributed by atoms with Gasteiger partial charge in [-0.15, -0.1) is 0 Å². The summed E-state index contributed by atoms with van der Waals surface area (Å²) in [6.45, 7) is 15.3. The molecule has 1 aromatic carbocycles. The van der Waals surface area contributed by atoms with Gasteiger partial charge in [-0.05, 0) is 12.0 Å². The summed E-state index contributed by atoms with van der Waals surface area (Å²) in [5.74, 6) is -0.981. The second-order valence-electron chi connectivity index (χ2n) is 3.54. The maximum Gasteiger partial charge on any atom is 0.327 e. The quantitative estimate of drug-likeness (QED) is 0.609. The van der Waals surface area contributed by atoms with Crippen LogP contribution in [0.3, 0.4) is 0 Å². The van der Waals surface area contributed by atoms with E-state index in [0.29, 0.717) is 6.42 Å². The molecule has 1 N–H and O–H groups in total. The van der Waals surface area contributed by atoms with Crippen LogP contribution in [0, 0.1) is 11.3 Å². The molecule has 0 aliphatic rings. The molecule has 0 heterocycles. The Morgan fingerprint density at radius 2 is 1.64 bits per heavy atom. The van der Waals surface area contributed by atoms with Crippen molar-refractivity contribution in [2.24, 2.45) is 0 Å². The van der Waals surface area contributed by atoms with E-state index < -0.39 is 5.97 Å². The molecule has 0 aliphatic carbocycles. The Hall–Kier alpha value is -2.86. The van der Waals surface area contributed by atoms with Gasteiger partial charge in [-0.1, -0.05) is 81.8 Å². The summed E-state index contributed by atoms with van der Waals surface area (Å²) < 4.78 is 0. The minimum Gasteiger partial charge on any atom is -0.478 e. The smallest absolute Gasteiger partial charge is 0.327 e. The first kappa shape index (κ1) is 24.2. The molecule has 0 radical (unpaired) electrons. The summed E-state index contributed by atoms with van der Waals surface area (Å²) in [6.07, 6.45) is 7.62. The van der Waals surface area contributed by atoms with Crippen LogP contribution in [0.4, 0.5) is 0 Å². The van der Waals surface area contributed by atoms with E-state index in [2.05, 4.69) is 26.3 Å². The van der Waals surface area contributed by atoms with Gasteiger partial charge in [0.25, 0.3) is 0 Å². The lowest BCUT2D eigenvalue weighted by Crippen LogP contribution is -1.82. The maximum absolute atomic E-state index is 9.25. The minimum atomic E-state index is -0.981. The van der Waals surface area contributed by atoms with E-state index in [9.17, 15) is 4.79 Å². The van der Waals surface area contributed by atoms with Crippen LogP contribution < -0.4 is 0 Å². The molecular weight excluding hydrogens is 274 g/mol. The first-order chi connectivity index (χ1) is 10.5. The lowest BCUT2D eigenvalue weighted by Gasteiger charge is -1.85. The van der Waals surface area contributed by atoms with Crippen LogP contribution in [0.25, 0.3) is 6.08 Å². The summed E-state index contributed by atoms with van der Waals surface area (Å²) >= 11 is 0. The Bertz CT molecular complexity index is 450. The van der Waals surface area contributed by atoms with Gasteiger partial charge in [-0.2, -0.15) is 5.26 Å². The van der Waals surface area contributed by atoms with Crippen molar-refractivity contribution in [1.29, 1.82) is 5.26 Å². The molecule has 0 spiro atoms. The molecule has 0 unspecified atom stereocenters. The van der Waals surface area contributed by atoms with Gasteiger partial charge in [0.2, 0.25) is 0 Å². The second kappa shape index (κ2) is 23.2. The summed E-state index contributed by atoms with van der Waals surface area (Å²) in [4.78, 5) is 9.25. The molecule has 0 aliphatic heterocycles. The van der Waals surface area contributed by atoms with Crippen molar-refractivity contribution in [3.8, 4) is 6.07 Å². The van der Waals surface area contributed by atoms with Gasteiger partial charge in [0.1, 0.15) is 0 Å². The van der Waals surface area contributed by atoms with Gasteiger partial charge < -0.3 is 5.11 Å². The number of carboxylic acid groups (broad SMARTS) is 1. The van der Waals surface area contributed by atoms with Gasteiger partial charge in [0.05, 0.1) is 6.07 Å². The van der Waals surface area contributed by atoms with Crippen molar-refractivity contribution in [2.45, 2.75) is 19.8 Å². The van der Waals surface area contributed by atoms with Crippen molar-refractivity contribution in [2.75, 3.05) is 0 Å². The number of carboxylic acids is 1. The average Bonchev–Trinajstić information content (AvgIpc) is 2.57. The Labute approximate surface area is 134 Å². The van der Waals surface area contributed by atoms with E-state index in [1.807, 2.05) is 49.4 Å². The number of hydrogen-bond acceptors (Lipinski definition) is 2. The van der Waals surface area contributed by atoms with Crippen molar-refractivity contribution in [3.05, 3.63) is 80.4 Å². The zero-order valence-electron chi connectivity index (χ0n) is 13.2. The number of rotatable bonds is 4. The lowest BCUT2D eigenvalue weighted by atomic mass is 10.2. The largest absolute Gasteiger partial charge is 0.478 e. The molecule has 3 nitrogen and oxygen atoms in total. The Balaban J connectivity index is -0.000000230. The van der Waals surface area contributed by atoms with E-state index in [0.717, 1.165) is 12.5 Å². The third-order valence-electron chi connectivity index (χ3n) is 1.74. The first-order valence-electron chi connectivity index (χ1n) is 6.67. The number of nitriles is 1. The fourth-order valence-electron chi connectivity index (χ4n) is 0.701. The fraction of sp³-hybridized carbons (Fsp3) is 0.158. The monoisotopic (exact) mass is 299 g/mol. The van der Waals surface area contributed by atoms with E-state index in [4.69, 9.17) is 10.4 Å². The zero-order chi connectivity index (χ0) is 17.6. The van der Waals surface area contributed by atoms with Gasteiger partial charge in [-0.25, -0.2) is 4.79 Å². The maximum atomic E-state index is 9.25. The molecule has 1 rings (SSSR count). The average molecular weight is 299 g/mol. The van der Waals surface area contributed by atoms with Gasteiger partial charge >= 0.3 is 5.97 Å². The van der Waals surface area contributed by atoms with Crippen molar-refractivity contribution >= 4 is 12.0 Å². The molecule has 0 amide bonds. The molecule has 22 heavy (non-hydrogen) atoms. The number of carbonyl (C=O) groups is 1. The minimum absolute atomic E-state index is 0.694. The topological polar surface area (TPSA) is 61.1 Å². The summed E-state index contributed by atoms with van der Waals surface area (Å²) in [7, 11) is 0. The third kappa shape index (κ3) is 30.3. The number of hydrogen-bond donors (Lipinski definition) is 1. The molecule has 0 saturated carbocycles. The van der Waals surface area contributed by atoms with Crippen LogP contribution >= 0.6 is 0 Å². The summed E-state index contributed by atoms with van der Waals surface area (Å²) in [5, 5.41) is 15.4. The number of aliphatic carboxylic acids is 1.